The molecule has 0 amide bonds. The van der Waals surface area contributed by atoms with Gasteiger partial charge in [-0.2, -0.15) is 0 Å². The van der Waals surface area contributed by atoms with Crippen molar-refractivity contribution < 1.29 is 0 Å². The normalized spacial score (nSPS) is 27.9. The standard InChI is InChI=1S/C20H26/c1-5-8-19-13-15(3)16(4)18(6-2)12-11-17-9-7-10-20(19)14-17/h6-7,9-10,12-16H,2,5,8,11H2,1,3-4H3/b18-12+,19-13+. The average molecular weight is 266 g/mol. The van der Waals surface area contributed by atoms with Gasteiger partial charge in [-0.1, -0.05) is 76.3 Å². The zero-order valence-electron chi connectivity index (χ0n) is 13.0. The summed E-state index contributed by atoms with van der Waals surface area (Å²) in [6.07, 6.45) is 10.2. The van der Waals surface area contributed by atoms with E-state index in [0.717, 1.165) is 12.8 Å². The molecule has 2 bridgehead atoms. The van der Waals surface area contributed by atoms with E-state index < -0.39 is 0 Å². The van der Waals surface area contributed by atoms with Gasteiger partial charge in [0.1, 0.15) is 0 Å². The second-order valence-corrected chi connectivity index (χ2v) is 5.90. The average Bonchev–Trinajstić information content (AvgIpc) is 2.46. The molecular weight excluding hydrogens is 240 g/mol. The molecule has 0 saturated heterocycles. The summed E-state index contributed by atoms with van der Waals surface area (Å²) in [6, 6.07) is 9.01. The van der Waals surface area contributed by atoms with Crippen LogP contribution in [0.25, 0.3) is 5.57 Å². The van der Waals surface area contributed by atoms with Gasteiger partial charge in [0.15, 0.2) is 0 Å². The van der Waals surface area contributed by atoms with Crippen LogP contribution in [0.15, 0.2) is 54.6 Å². The van der Waals surface area contributed by atoms with E-state index in [9.17, 15) is 0 Å². The summed E-state index contributed by atoms with van der Waals surface area (Å²) in [6.45, 7) is 10.9. The molecule has 0 N–H and O–H groups in total. The third-order valence-electron chi connectivity index (χ3n) is 4.40. The minimum Gasteiger partial charge on any atom is -0.0988 e. The topological polar surface area (TPSA) is 0 Å². The van der Waals surface area contributed by atoms with Crippen molar-refractivity contribution in [2.75, 3.05) is 0 Å². The molecule has 0 spiro atoms. The van der Waals surface area contributed by atoms with Crippen molar-refractivity contribution >= 4 is 5.57 Å². The van der Waals surface area contributed by atoms with Gasteiger partial charge in [-0.3, -0.25) is 0 Å². The van der Waals surface area contributed by atoms with E-state index in [1.54, 1.807) is 0 Å². The molecule has 106 valence electrons. The molecule has 2 unspecified atom stereocenters. The van der Waals surface area contributed by atoms with E-state index in [1.807, 2.05) is 6.08 Å². The van der Waals surface area contributed by atoms with Crippen LogP contribution < -0.4 is 0 Å². The number of allylic oxidation sites excluding steroid dienone is 5. The molecule has 0 nitrogen and oxygen atoms in total. The monoisotopic (exact) mass is 266 g/mol. The highest BCUT2D eigenvalue weighted by Crippen LogP contribution is 2.30. The van der Waals surface area contributed by atoms with Gasteiger partial charge in [0, 0.05) is 0 Å². The first kappa shape index (κ1) is 14.8. The van der Waals surface area contributed by atoms with Crippen molar-refractivity contribution in [2.45, 2.75) is 40.0 Å². The quantitative estimate of drug-likeness (QED) is 0.647. The summed E-state index contributed by atoms with van der Waals surface area (Å²) in [5.41, 5.74) is 5.67. The van der Waals surface area contributed by atoms with Crippen LogP contribution in [-0.2, 0) is 6.42 Å². The van der Waals surface area contributed by atoms with Crippen LogP contribution in [0.4, 0.5) is 0 Å². The first-order valence-corrected chi connectivity index (χ1v) is 7.78. The van der Waals surface area contributed by atoms with Crippen molar-refractivity contribution in [1.29, 1.82) is 0 Å². The van der Waals surface area contributed by atoms with Gasteiger partial charge in [0.2, 0.25) is 0 Å². The van der Waals surface area contributed by atoms with Gasteiger partial charge in [-0.25, -0.2) is 0 Å². The molecule has 0 fully saturated rings. The van der Waals surface area contributed by atoms with Crippen LogP contribution in [0, 0.1) is 11.8 Å². The SMILES string of the molecule is C=C/C1=C\Cc2cccc(c2)/C(CCC)=C/C(C)C1C. The summed E-state index contributed by atoms with van der Waals surface area (Å²) in [7, 11) is 0. The first-order valence-electron chi connectivity index (χ1n) is 7.78. The third-order valence-corrected chi connectivity index (χ3v) is 4.40. The summed E-state index contributed by atoms with van der Waals surface area (Å²) in [4.78, 5) is 0. The number of benzene rings is 1. The molecule has 1 aliphatic carbocycles. The fraction of sp³-hybridized carbons (Fsp3) is 0.400. The smallest absolute Gasteiger partial charge is 0.00913 e. The second kappa shape index (κ2) is 6.74. The maximum Gasteiger partial charge on any atom is -0.00913 e. The predicted molar refractivity (Wildman–Crippen MR) is 89.6 cm³/mol. The number of rotatable bonds is 3. The van der Waals surface area contributed by atoms with E-state index >= 15 is 0 Å². The maximum atomic E-state index is 3.99. The Kier molecular flexibility index (Phi) is 5.00. The Labute approximate surface area is 123 Å². The number of fused-ring (bicyclic) bond motifs is 2. The minimum absolute atomic E-state index is 0.531. The van der Waals surface area contributed by atoms with E-state index in [1.165, 1.54) is 28.7 Å². The first-order chi connectivity index (χ1) is 9.65. The number of hydrogen-bond acceptors (Lipinski definition) is 0. The molecule has 0 saturated carbocycles. The van der Waals surface area contributed by atoms with Gasteiger partial charge in [-0.05, 0) is 47.0 Å². The molecule has 1 aliphatic rings. The second-order valence-electron chi connectivity index (χ2n) is 5.90. The molecule has 2 rings (SSSR count). The lowest BCUT2D eigenvalue weighted by Gasteiger charge is -2.22. The Balaban J connectivity index is 2.51. The largest absolute Gasteiger partial charge is 0.0988 e. The molecule has 0 heteroatoms. The molecule has 1 aromatic carbocycles. The van der Waals surface area contributed by atoms with Crippen LogP contribution in [-0.4, -0.2) is 0 Å². The molecule has 0 radical (unpaired) electrons. The highest BCUT2D eigenvalue weighted by Gasteiger charge is 2.15. The van der Waals surface area contributed by atoms with Crippen molar-refractivity contribution in [3.63, 3.8) is 0 Å². The molecule has 2 atom stereocenters. The summed E-state index contributed by atoms with van der Waals surface area (Å²) in [5.74, 6) is 1.07. The Morgan fingerprint density at radius 1 is 1.30 bits per heavy atom. The van der Waals surface area contributed by atoms with Crippen LogP contribution in [0.5, 0.6) is 0 Å². The predicted octanol–water partition coefficient (Wildman–Crippen LogP) is 5.81. The van der Waals surface area contributed by atoms with Gasteiger partial charge in [0.25, 0.3) is 0 Å². The lowest BCUT2D eigenvalue weighted by Crippen LogP contribution is -2.09. The molecule has 0 aliphatic heterocycles. The summed E-state index contributed by atoms with van der Waals surface area (Å²) in [5, 5.41) is 0. The molecule has 0 heterocycles. The van der Waals surface area contributed by atoms with Crippen LogP contribution >= 0.6 is 0 Å². The highest BCUT2D eigenvalue weighted by atomic mass is 14.2. The molecule has 1 aromatic rings. The van der Waals surface area contributed by atoms with Gasteiger partial charge in [0.05, 0.1) is 0 Å². The fourth-order valence-corrected chi connectivity index (χ4v) is 2.95. The van der Waals surface area contributed by atoms with Gasteiger partial charge in [-0.15, -0.1) is 0 Å². The van der Waals surface area contributed by atoms with E-state index in [0.29, 0.717) is 11.8 Å². The van der Waals surface area contributed by atoms with Crippen LogP contribution in [0.2, 0.25) is 0 Å². The zero-order valence-corrected chi connectivity index (χ0v) is 13.0. The highest BCUT2D eigenvalue weighted by molar-refractivity contribution is 5.66. The van der Waals surface area contributed by atoms with E-state index in [4.69, 9.17) is 0 Å². The van der Waals surface area contributed by atoms with Crippen molar-refractivity contribution in [2.24, 2.45) is 11.8 Å². The Hall–Kier alpha value is -1.56. The van der Waals surface area contributed by atoms with Crippen LogP contribution in [0.1, 0.15) is 44.7 Å². The maximum absolute atomic E-state index is 3.99. The molecule has 0 aromatic heterocycles. The number of hydrogen-bond donors (Lipinski definition) is 0. The Morgan fingerprint density at radius 3 is 2.80 bits per heavy atom. The minimum atomic E-state index is 0.531. The van der Waals surface area contributed by atoms with Gasteiger partial charge >= 0.3 is 0 Å². The Bertz CT molecular complexity index is 531. The van der Waals surface area contributed by atoms with Crippen molar-refractivity contribution in [3.8, 4) is 0 Å². The van der Waals surface area contributed by atoms with Gasteiger partial charge < -0.3 is 0 Å². The van der Waals surface area contributed by atoms with Crippen molar-refractivity contribution in [3.05, 3.63) is 65.8 Å². The summed E-state index contributed by atoms with van der Waals surface area (Å²) < 4.78 is 0. The Morgan fingerprint density at radius 2 is 2.10 bits per heavy atom. The van der Waals surface area contributed by atoms with Crippen molar-refractivity contribution in [1.82, 2.24) is 0 Å². The summed E-state index contributed by atoms with van der Waals surface area (Å²) >= 11 is 0. The molecule has 20 heavy (non-hydrogen) atoms. The lowest BCUT2D eigenvalue weighted by molar-refractivity contribution is 0.537. The van der Waals surface area contributed by atoms with E-state index in [-0.39, 0.29) is 0 Å². The zero-order chi connectivity index (χ0) is 14.5. The third kappa shape index (κ3) is 3.30. The van der Waals surface area contributed by atoms with Crippen LogP contribution in [0.3, 0.4) is 0 Å². The molecular formula is C20H26. The lowest BCUT2D eigenvalue weighted by atomic mass is 9.83. The fourth-order valence-electron chi connectivity index (χ4n) is 2.95. The van der Waals surface area contributed by atoms with E-state index in [2.05, 4.69) is 63.8 Å².